The molecule has 1 aromatic rings. The molecule has 1 aliphatic heterocycles. The van der Waals surface area contributed by atoms with E-state index >= 15 is 0 Å². The maximum Gasteiger partial charge on any atom is 0.416 e. The van der Waals surface area contributed by atoms with Gasteiger partial charge >= 0.3 is 6.18 Å². The molecular formula is C15H18F3NO2. The van der Waals surface area contributed by atoms with Crippen LogP contribution in [0.5, 0.6) is 0 Å². The first-order valence-corrected chi connectivity index (χ1v) is 6.73. The third-order valence-corrected chi connectivity index (χ3v) is 3.71. The van der Waals surface area contributed by atoms with Gasteiger partial charge in [-0.2, -0.15) is 13.2 Å². The Balaban J connectivity index is 2.24. The number of hydrogen-bond donors (Lipinski definition) is 2. The van der Waals surface area contributed by atoms with Crippen molar-refractivity contribution in [1.82, 2.24) is 5.32 Å². The second-order valence-electron chi connectivity index (χ2n) is 5.10. The van der Waals surface area contributed by atoms with Gasteiger partial charge in [-0.1, -0.05) is 36.9 Å². The van der Waals surface area contributed by atoms with Crippen LogP contribution < -0.4 is 5.32 Å². The zero-order valence-electron chi connectivity index (χ0n) is 11.5. The summed E-state index contributed by atoms with van der Waals surface area (Å²) in [7, 11) is 0. The minimum absolute atomic E-state index is 0.485. The molecule has 0 aliphatic carbocycles. The molecule has 2 N–H and O–H groups in total. The Morgan fingerprint density at radius 1 is 1.24 bits per heavy atom. The zero-order chi connectivity index (χ0) is 15.5. The van der Waals surface area contributed by atoms with E-state index in [1.165, 1.54) is 0 Å². The first-order valence-electron chi connectivity index (χ1n) is 6.73. The van der Waals surface area contributed by atoms with Gasteiger partial charge in [-0.25, -0.2) is 0 Å². The summed E-state index contributed by atoms with van der Waals surface area (Å²) in [6.07, 6.45) is -5.77. The fourth-order valence-electron chi connectivity index (χ4n) is 2.47. The summed E-state index contributed by atoms with van der Waals surface area (Å²) in [6.45, 7) is 4.12. The predicted octanol–water partition coefficient (Wildman–Crippen LogP) is 2.72. The monoisotopic (exact) mass is 301 g/mol. The average molecular weight is 301 g/mol. The molecule has 1 aromatic carbocycles. The summed E-state index contributed by atoms with van der Waals surface area (Å²) < 4.78 is 43.3. The largest absolute Gasteiger partial charge is 0.416 e. The van der Waals surface area contributed by atoms with Crippen LogP contribution in [-0.4, -0.2) is 30.7 Å². The molecule has 1 heterocycles. The number of aliphatic hydroxyl groups is 1. The number of ether oxygens (including phenoxy) is 1. The average Bonchev–Trinajstić information content (AvgIpc) is 2.47. The molecule has 6 heteroatoms. The lowest BCUT2D eigenvalue weighted by molar-refractivity contribution is -0.209. The van der Waals surface area contributed by atoms with Crippen LogP contribution in [0, 0.1) is 0 Å². The van der Waals surface area contributed by atoms with Crippen LogP contribution in [0.2, 0.25) is 0 Å². The number of benzene rings is 1. The smallest absolute Gasteiger partial charge is 0.364 e. The van der Waals surface area contributed by atoms with E-state index in [1.807, 2.05) is 6.07 Å². The highest BCUT2D eigenvalue weighted by Crippen LogP contribution is 2.38. The van der Waals surface area contributed by atoms with Crippen LogP contribution in [0.3, 0.4) is 0 Å². The Hall–Kier alpha value is -1.37. The highest BCUT2D eigenvalue weighted by molar-refractivity contribution is 5.24. The van der Waals surface area contributed by atoms with Gasteiger partial charge in [-0.05, 0) is 31.5 Å². The molecule has 0 aromatic heterocycles. The number of rotatable bonds is 4. The van der Waals surface area contributed by atoms with Crippen molar-refractivity contribution in [2.45, 2.75) is 30.9 Å². The van der Waals surface area contributed by atoms with Gasteiger partial charge in [0.05, 0.1) is 11.2 Å². The maximum atomic E-state index is 12.6. The molecule has 1 unspecified atom stereocenters. The third-order valence-electron chi connectivity index (χ3n) is 3.71. The lowest BCUT2D eigenvalue weighted by Gasteiger charge is -2.40. The van der Waals surface area contributed by atoms with Crippen molar-refractivity contribution < 1.29 is 23.0 Å². The van der Waals surface area contributed by atoms with E-state index in [2.05, 4.69) is 11.9 Å². The molecule has 0 bridgehead atoms. The summed E-state index contributed by atoms with van der Waals surface area (Å²) in [4.78, 5) is 0. The number of halogens is 3. The molecule has 21 heavy (non-hydrogen) atoms. The van der Waals surface area contributed by atoms with Crippen molar-refractivity contribution in [3.8, 4) is 0 Å². The molecule has 1 saturated heterocycles. The number of nitrogens with one attached hydrogen (secondary N) is 1. The standard InChI is InChI=1S/C15H18F3NO2/c1-11(15(16,17)18)13(20)21-14(7-9-19-10-8-14)12-5-3-2-4-6-12/h2-6,13,19-20H,1,7-10H2. The van der Waals surface area contributed by atoms with Gasteiger partial charge in [0.1, 0.15) is 0 Å². The van der Waals surface area contributed by atoms with Crippen LogP contribution >= 0.6 is 0 Å². The number of piperidine rings is 1. The molecule has 0 saturated carbocycles. The lowest BCUT2D eigenvalue weighted by atomic mass is 9.84. The maximum absolute atomic E-state index is 12.6. The van der Waals surface area contributed by atoms with Crippen molar-refractivity contribution in [3.05, 3.63) is 48.0 Å². The summed E-state index contributed by atoms with van der Waals surface area (Å²) in [5.41, 5.74) is -1.45. The highest BCUT2D eigenvalue weighted by atomic mass is 19.4. The molecule has 0 amide bonds. The van der Waals surface area contributed by atoms with Crippen molar-refractivity contribution in [3.63, 3.8) is 0 Å². The van der Waals surface area contributed by atoms with Crippen LogP contribution in [0.15, 0.2) is 42.5 Å². The molecule has 3 nitrogen and oxygen atoms in total. The predicted molar refractivity (Wildman–Crippen MR) is 72.5 cm³/mol. The van der Waals surface area contributed by atoms with E-state index < -0.39 is 23.6 Å². The van der Waals surface area contributed by atoms with E-state index in [4.69, 9.17) is 4.74 Å². The number of alkyl halides is 3. The van der Waals surface area contributed by atoms with E-state index in [-0.39, 0.29) is 0 Å². The fourth-order valence-corrected chi connectivity index (χ4v) is 2.47. The Morgan fingerprint density at radius 2 is 1.81 bits per heavy atom. The minimum Gasteiger partial charge on any atom is -0.364 e. The third kappa shape index (κ3) is 3.64. The Kier molecular flexibility index (Phi) is 4.70. The second-order valence-corrected chi connectivity index (χ2v) is 5.10. The van der Waals surface area contributed by atoms with Crippen molar-refractivity contribution >= 4 is 0 Å². The molecule has 1 atom stereocenters. The normalized spacial score (nSPS) is 20.0. The van der Waals surface area contributed by atoms with Crippen molar-refractivity contribution in [1.29, 1.82) is 0 Å². The van der Waals surface area contributed by atoms with Crippen LogP contribution in [0.1, 0.15) is 18.4 Å². The quantitative estimate of drug-likeness (QED) is 0.664. The molecule has 2 rings (SSSR count). The molecule has 1 aliphatic rings. The molecular weight excluding hydrogens is 283 g/mol. The minimum atomic E-state index is -4.68. The van der Waals surface area contributed by atoms with E-state index in [0.29, 0.717) is 25.9 Å². The number of aliphatic hydroxyl groups excluding tert-OH is 1. The van der Waals surface area contributed by atoms with Crippen molar-refractivity contribution in [2.24, 2.45) is 0 Å². The summed E-state index contributed by atoms with van der Waals surface area (Å²) in [6, 6.07) is 9.02. The van der Waals surface area contributed by atoms with Gasteiger partial charge in [0, 0.05) is 0 Å². The fraction of sp³-hybridized carbons (Fsp3) is 0.467. The van der Waals surface area contributed by atoms with Gasteiger partial charge in [-0.3, -0.25) is 0 Å². The van der Waals surface area contributed by atoms with E-state index in [0.717, 1.165) is 5.56 Å². The topological polar surface area (TPSA) is 41.5 Å². The summed E-state index contributed by atoms with van der Waals surface area (Å²) >= 11 is 0. The van der Waals surface area contributed by atoms with Gasteiger partial charge in [-0.15, -0.1) is 0 Å². The Labute approximate surface area is 121 Å². The first-order chi connectivity index (χ1) is 9.85. The van der Waals surface area contributed by atoms with E-state index in [9.17, 15) is 18.3 Å². The highest BCUT2D eigenvalue weighted by Gasteiger charge is 2.43. The van der Waals surface area contributed by atoms with Crippen molar-refractivity contribution in [2.75, 3.05) is 13.1 Å². The zero-order valence-corrected chi connectivity index (χ0v) is 11.5. The van der Waals surface area contributed by atoms with Gasteiger partial charge in [0.25, 0.3) is 0 Å². The molecule has 116 valence electrons. The second kappa shape index (κ2) is 6.17. The SMILES string of the molecule is C=C(C(O)OC1(c2ccccc2)CCNCC1)C(F)(F)F. The van der Waals surface area contributed by atoms with Gasteiger partial charge < -0.3 is 15.2 Å². The number of hydrogen-bond acceptors (Lipinski definition) is 3. The summed E-state index contributed by atoms with van der Waals surface area (Å²) in [5, 5.41) is 12.9. The summed E-state index contributed by atoms with van der Waals surface area (Å²) in [5.74, 6) is 0. The lowest BCUT2D eigenvalue weighted by Crippen LogP contribution is -2.45. The van der Waals surface area contributed by atoms with Crippen LogP contribution in [0.4, 0.5) is 13.2 Å². The molecule has 0 radical (unpaired) electrons. The van der Waals surface area contributed by atoms with E-state index in [1.54, 1.807) is 24.3 Å². The van der Waals surface area contributed by atoms with Crippen LogP contribution in [0.25, 0.3) is 0 Å². The molecule has 1 fully saturated rings. The van der Waals surface area contributed by atoms with Gasteiger partial charge in [0.15, 0.2) is 6.29 Å². The van der Waals surface area contributed by atoms with Crippen LogP contribution in [-0.2, 0) is 10.3 Å². The van der Waals surface area contributed by atoms with Gasteiger partial charge in [0.2, 0.25) is 0 Å². The Bertz CT molecular complexity index is 481. The Morgan fingerprint density at radius 3 is 2.33 bits per heavy atom. The first kappa shape index (κ1) is 16.0. The molecule has 0 spiro atoms.